The molecular formula is C8H12F3NO. The quantitative estimate of drug-likeness (QED) is 0.653. The van der Waals surface area contributed by atoms with Crippen molar-refractivity contribution in [2.75, 3.05) is 13.1 Å². The van der Waals surface area contributed by atoms with Crippen molar-refractivity contribution in [3.8, 4) is 0 Å². The summed E-state index contributed by atoms with van der Waals surface area (Å²) in [6.07, 6.45) is -1.94. The number of allylic oxidation sites excluding steroid dienone is 1. The standard InChI is InChI=1S/C8H12F3NO/c1-2-3-4-7(13)5-12-6-8(9,10)11/h2,12H,1,3-6H2. The Balaban J connectivity index is 3.42. The zero-order valence-corrected chi connectivity index (χ0v) is 7.16. The van der Waals surface area contributed by atoms with Gasteiger partial charge in [0.2, 0.25) is 0 Å². The van der Waals surface area contributed by atoms with Crippen LogP contribution >= 0.6 is 0 Å². The van der Waals surface area contributed by atoms with Crippen LogP contribution in [-0.4, -0.2) is 25.0 Å². The van der Waals surface area contributed by atoms with Crippen LogP contribution < -0.4 is 5.32 Å². The predicted molar refractivity (Wildman–Crippen MR) is 43.4 cm³/mol. The van der Waals surface area contributed by atoms with Crippen LogP contribution in [0.5, 0.6) is 0 Å². The van der Waals surface area contributed by atoms with Crippen LogP contribution in [0.4, 0.5) is 13.2 Å². The van der Waals surface area contributed by atoms with Gasteiger partial charge in [-0.1, -0.05) is 6.08 Å². The average molecular weight is 195 g/mol. The molecule has 0 aliphatic heterocycles. The second-order valence-corrected chi connectivity index (χ2v) is 2.58. The third kappa shape index (κ3) is 9.07. The molecule has 0 heterocycles. The maximum Gasteiger partial charge on any atom is 0.401 e. The minimum absolute atomic E-state index is 0.229. The fourth-order valence-corrected chi connectivity index (χ4v) is 0.695. The summed E-state index contributed by atoms with van der Waals surface area (Å²) in [7, 11) is 0. The van der Waals surface area contributed by atoms with Crippen molar-refractivity contribution in [1.82, 2.24) is 5.32 Å². The number of alkyl halides is 3. The Kier molecular flexibility index (Phi) is 5.37. The molecule has 0 bridgehead atoms. The van der Waals surface area contributed by atoms with Gasteiger partial charge in [-0.2, -0.15) is 13.2 Å². The van der Waals surface area contributed by atoms with Crippen molar-refractivity contribution in [2.45, 2.75) is 19.0 Å². The van der Waals surface area contributed by atoms with Crippen molar-refractivity contribution < 1.29 is 18.0 Å². The van der Waals surface area contributed by atoms with Crippen LogP contribution in [0.25, 0.3) is 0 Å². The van der Waals surface area contributed by atoms with E-state index in [-0.39, 0.29) is 18.7 Å². The summed E-state index contributed by atoms with van der Waals surface area (Å²) in [4.78, 5) is 10.8. The minimum atomic E-state index is -4.25. The van der Waals surface area contributed by atoms with Crippen molar-refractivity contribution >= 4 is 5.78 Å². The molecule has 0 unspecified atom stereocenters. The lowest BCUT2D eigenvalue weighted by molar-refractivity contribution is -0.127. The highest BCUT2D eigenvalue weighted by atomic mass is 19.4. The molecule has 0 spiro atoms. The molecule has 76 valence electrons. The molecule has 0 saturated carbocycles. The van der Waals surface area contributed by atoms with Crippen molar-refractivity contribution in [3.05, 3.63) is 12.7 Å². The maximum absolute atomic E-state index is 11.6. The second-order valence-electron chi connectivity index (χ2n) is 2.58. The van der Waals surface area contributed by atoms with E-state index in [9.17, 15) is 18.0 Å². The molecule has 0 radical (unpaired) electrons. The summed E-state index contributed by atoms with van der Waals surface area (Å²) in [6.45, 7) is 2.05. The van der Waals surface area contributed by atoms with Gasteiger partial charge < -0.3 is 5.32 Å². The number of hydrogen-bond donors (Lipinski definition) is 1. The second kappa shape index (κ2) is 5.75. The van der Waals surface area contributed by atoms with E-state index in [2.05, 4.69) is 6.58 Å². The van der Waals surface area contributed by atoms with Gasteiger partial charge >= 0.3 is 6.18 Å². The van der Waals surface area contributed by atoms with Crippen LogP contribution in [0.3, 0.4) is 0 Å². The van der Waals surface area contributed by atoms with Crippen LogP contribution in [0.2, 0.25) is 0 Å². The summed E-state index contributed by atoms with van der Waals surface area (Å²) in [5, 5.41) is 2.03. The molecule has 0 aromatic heterocycles. The van der Waals surface area contributed by atoms with E-state index in [0.29, 0.717) is 6.42 Å². The lowest BCUT2D eigenvalue weighted by atomic mass is 10.2. The van der Waals surface area contributed by atoms with Crippen LogP contribution in [-0.2, 0) is 4.79 Å². The van der Waals surface area contributed by atoms with Gasteiger partial charge in [0.25, 0.3) is 0 Å². The van der Waals surface area contributed by atoms with Gasteiger partial charge in [0.05, 0.1) is 13.1 Å². The van der Waals surface area contributed by atoms with Crippen molar-refractivity contribution in [1.29, 1.82) is 0 Å². The number of ketones is 1. The number of carbonyl (C=O) groups is 1. The molecule has 13 heavy (non-hydrogen) atoms. The fourth-order valence-electron chi connectivity index (χ4n) is 0.695. The average Bonchev–Trinajstić information content (AvgIpc) is 1.98. The van der Waals surface area contributed by atoms with E-state index in [1.165, 1.54) is 0 Å². The van der Waals surface area contributed by atoms with Gasteiger partial charge in [-0.25, -0.2) is 0 Å². The lowest BCUT2D eigenvalue weighted by Gasteiger charge is -2.06. The number of carbonyl (C=O) groups excluding carboxylic acids is 1. The zero-order valence-electron chi connectivity index (χ0n) is 7.16. The monoisotopic (exact) mass is 195 g/mol. The number of nitrogens with one attached hydrogen (secondary N) is 1. The summed E-state index contributed by atoms with van der Waals surface area (Å²) in [6, 6.07) is 0. The molecule has 0 aromatic carbocycles. The largest absolute Gasteiger partial charge is 0.401 e. The summed E-state index contributed by atoms with van der Waals surface area (Å²) < 4.78 is 34.7. The number of rotatable bonds is 6. The lowest BCUT2D eigenvalue weighted by Crippen LogP contribution is -2.32. The first-order valence-electron chi connectivity index (χ1n) is 3.86. The molecule has 1 N–H and O–H groups in total. The molecule has 0 aliphatic carbocycles. The van der Waals surface area contributed by atoms with E-state index >= 15 is 0 Å². The van der Waals surface area contributed by atoms with Gasteiger partial charge in [-0.05, 0) is 6.42 Å². The third-order valence-corrected chi connectivity index (χ3v) is 1.27. The van der Waals surface area contributed by atoms with E-state index in [0.717, 1.165) is 0 Å². The van der Waals surface area contributed by atoms with Gasteiger partial charge in [0.1, 0.15) is 5.78 Å². The minimum Gasteiger partial charge on any atom is -0.302 e. The zero-order chi connectivity index (χ0) is 10.3. The normalized spacial score (nSPS) is 11.3. The molecular weight excluding hydrogens is 183 g/mol. The fraction of sp³-hybridized carbons (Fsp3) is 0.625. The molecule has 0 aliphatic rings. The Morgan fingerprint density at radius 3 is 2.54 bits per heavy atom. The highest BCUT2D eigenvalue weighted by molar-refractivity contribution is 5.80. The Hall–Kier alpha value is -0.840. The number of Topliss-reactive ketones (excluding diaryl/α,β-unsaturated/α-hetero) is 1. The van der Waals surface area contributed by atoms with Gasteiger partial charge in [0, 0.05) is 6.42 Å². The first-order chi connectivity index (χ1) is 5.95. The Morgan fingerprint density at radius 2 is 2.08 bits per heavy atom. The molecule has 0 aromatic rings. The van der Waals surface area contributed by atoms with Crippen LogP contribution in [0.1, 0.15) is 12.8 Å². The topological polar surface area (TPSA) is 29.1 Å². The molecule has 0 amide bonds. The molecule has 2 nitrogen and oxygen atoms in total. The Labute approximate surface area is 74.8 Å². The van der Waals surface area contributed by atoms with Crippen molar-refractivity contribution in [3.63, 3.8) is 0 Å². The van der Waals surface area contributed by atoms with Crippen molar-refractivity contribution in [2.24, 2.45) is 0 Å². The van der Waals surface area contributed by atoms with Crippen LogP contribution in [0.15, 0.2) is 12.7 Å². The molecule has 5 heteroatoms. The van der Waals surface area contributed by atoms with E-state index in [1.807, 2.05) is 5.32 Å². The Morgan fingerprint density at radius 1 is 1.46 bits per heavy atom. The first kappa shape index (κ1) is 12.2. The van der Waals surface area contributed by atoms with Crippen LogP contribution in [0, 0.1) is 0 Å². The molecule has 0 atom stereocenters. The summed E-state index contributed by atoms with van der Waals surface area (Å²) in [5.41, 5.74) is 0. The third-order valence-electron chi connectivity index (χ3n) is 1.27. The molecule has 0 fully saturated rings. The molecule has 0 rings (SSSR count). The van der Waals surface area contributed by atoms with E-state index in [1.54, 1.807) is 6.08 Å². The highest BCUT2D eigenvalue weighted by Gasteiger charge is 2.26. The number of halogens is 3. The van der Waals surface area contributed by atoms with Gasteiger partial charge in [0.15, 0.2) is 0 Å². The van der Waals surface area contributed by atoms with Gasteiger partial charge in [-0.3, -0.25) is 4.79 Å². The van der Waals surface area contributed by atoms with Gasteiger partial charge in [-0.15, -0.1) is 6.58 Å². The molecule has 0 saturated heterocycles. The summed E-state index contributed by atoms with van der Waals surface area (Å²) >= 11 is 0. The smallest absolute Gasteiger partial charge is 0.302 e. The summed E-state index contributed by atoms with van der Waals surface area (Å²) in [5.74, 6) is -0.232. The van der Waals surface area contributed by atoms with E-state index < -0.39 is 12.7 Å². The van der Waals surface area contributed by atoms with E-state index in [4.69, 9.17) is 0 Å². The first-order valence-corrected chi connectivity index (χ1v) is 3.86. The maximum atomic E-state index is 11.6. The predicted octanol–water partition coefficient (Wildman–Crippen LogP) is 1.67. The SMILES string of the molecule is C=CCCC(=O)CNCC(F)(F)F. The highest BCUT2D eigenvalue weighted by Crippen LogP contribution is 2.11. The number of hydrogen-bond acceptors (Lipinski definition) is 2. The Bertz CT molecular complexity index is 177.